The average molecular weight is 1070 g/mol. The number of hydrogen-bond donors (Lipinski definition) is 5. The molecule has 3 aromatic heterocycles. The summed E-state index contributed by atoms with van der Waals surface area (Å²) in [5.74, 6) is -2.89. The van der Waals surface area contributed by atoms with Crippen LogP contribution in [0.5, 0.6) is 0 Å². The molecule has 4 aliphatic rings. The quantitative estimate of drug-likeness (QED) is 0.0205. The number of aromatic amines is 2. The number of amides is 2. The summed E-state index contributed by atoms with van der Waals surface area (Å²) in [7, 11) is 3.19. The Morgan fingerprint density at radius 1 is 0.973 bits per heavy atom. The van der Waals surface area contributed by atoms with Crippen molar-refractivity contribution in [3.05, 3.63) is 74.1 Å². The number of allylic oxidation sites excluding steroid dienone is 1. The van der Waals surface area contributed by atoms with Gasteiger partial charge in [0.05, 0.1) is 40.9 Å². The lowest BCUT2D eigenvalue weighted by Crippen LogP contribution is -2.41. The molecule has 17 nitrogen and oxygen atoms in total. The summed E-state index contributed by atoms with van der Waals surface area (Å²) in [4.78, 5) is 105. The van der Waals surface area contributed by atoms with Crippen LogP contribution in [-0.2, 0) is 43.8 Å². The Morgan fingerprint density at radius 2 is 1.71 bits per heavy atom. The number of fused-ring (bicyclic) bond motifs is 6. The van der Waals surface area contributed by atoms with Crippen molar-refractivity contribution in [2.24, 2.45) is 46.6 Å². The number of anilines is 1. The topological polar surface area (TPSA) is 233 Å². The number of aryl methyl sites for hydroxylation is 2. The largest absolute Gasteiger partial charge is 0.480 e. The van der Waals surface area contributed by atoms with Crippen molar-refractivity contribution >= 4 is 104 Å². The number of carbonyl (C=O) groups is 6. The van der Waals surface area contributed by atoms with E-state index in [9.17, 15) is 33.9 Å². The molecule has 0 fully saturated rings. The molecule has 19 heteroatoms. The first-order chi connectivity index (χ1) is 35.9. The van der Waals surface area contributed by atoms with E-state index in [0.29, 0.717) is 95.0 Å². The molecule has 0 spiro atoms. The fourth-order valence-corrected chi connectivity index (χ4v) is 12.3. The van der Waals surface area contributed by atoms with E-state index in [1.807, 2.05) is 62.7 Å². The van der Waals surface area contributed by atoms with Crippen LogP contribution < -0.4 is 26.2 Å². The van der Waals surface area contributed by atoms with Gasteiger partial charge < -0.3 is 39.9 Å². The normalized spacial score (nSPS) is 23.0. The minimum atomic E-state index is -1.26. The number of esters is 1. The van der Waals surface area contributed by atoms with Gasteiger partial charge in [-0.25, -0.2) is 9.78 Å². The average Bonchev–Trinajstić information content (AvgIpc) is 4.18. The summed E-state index contributed by atoms with van der Waals surface area (Å²) in [6.07, 6.45) is 7.15. The zero-order valence-corrected chi connectivity index (χ0v) is 45.6. The van der Waals surface area contributed by atoms with Crippen molar-refractivity contribution in [1.29, 1.82) is 0 Å². The van der Waals surface area contributed by atoms with Crippen LogP contribution in [-0.4, -0.2) is 122 Å². The molecule has 7 atom stereocenters. The number of rotatable bonds is 21. The Hall–Kier alpha value is -6.33. The fraction of sp³-hybridized carbons (Fsp3) is 0.518. The summed E-state index contributed by atoms with van der Waals surface area (Å²) in [5.41, 5.74) is 9.17. The number of benzene rings is 1. The molecule has 8 bridgehead atoms. The van der Waals surface area contributed by atoms with Gasteiger partial charge in [0, 0.05) is 127 Å². The molecule has 1 aliphatic carbocycles. The number of ketones is 2. The molecule has 3 aliphatic heterocycles. The molecular weight excluding hydrogens is 998 g/mol. The number of aromatic nitrogens is 4. The van der Waals surface area contributed by atoms with Gasteiger partial charge in [-0.2, -0.15) is 0 Å². The number of halogens is 2. The van der Waals surface area contributed by atoms with Crippen LogP contribution in [0, 0.1) is 43.4 Å². The molecule has 1 aromatic carbocycles. The van der Waals surface area contributed by atoms with Gasteiger partial charge in [-0.05, 0) is 93.9 Å². The lowest BCUT2D eigenvalue weighted by Gasteiger charge is -2.22. The fourth-order valence-electron chi connectivity index (χ4n) is 11.8. The third-order valence-corrected chi connectivity index (χ3v) is 16.3. The second kappa shape index (κ2) is 23.3. The van der Waals surface area contributed by atoms with Gasteiger partial charge in [0.2, 0.25) is 11.8 Å². The first kappa shape index (κ1) is 54.9. The Bertz CT molecular complexity index is 3160. The van der Waals surface area contributed by atoms with E-state index in [1.165, 1.54) is 7.11 Å². The maximum Gasteiger partial charge on any atom is 0.326 e. The number of carbonyl (C=O) groups excluding carboxylic acids is 5. The number of methoxy groups -OCH3 is 1. The third-order valence-electron chi connectivity index (χ3n) is 16.0. The second-order valence-corrected chi connectivity index (χ2v) is 21.2. The van der Waals surface area contributed by atoms with E-state index in [0.717, 1.165) is 51.5 Å². The number of ether oxygens (including phenoxy) is 1. The molecule has 0 radical (unpaired) electrons. The molecule has 75 heavy (non-hydrogen) atoms. The molecule has 400 valence electrons. The molecule has 0 saturated heterocycles. The summed E-state index contributed by atoms with van der Waals surface area (Å²) >= 11 is 12.0. The van der Waals surface area contributed by atoms with Crippen LogP contribution in [0.25, 0.3) is 28.8 Å². The predicted molar refractivity (Wildman–Crippen MR) is 292 cm³/mol. The number of aliphatic imine (C=N–C) groups is 2. The van der Waals surface area contributed by atoms with E-state index < -0.39 is 29.8 Å². The molecular formula is C56H69Cl2N9O8. The summed E-state index contributed by atoms with van der Waals surface area (Å²) in [5, 5.41) is 17.0. The maximum absolute atomic E-state index is 14.5. The van der Waals surface area contributed by atoms with Gasteiger partial charge in [-0.1, -0.05) is 27.2 Å². The van der Waals surface area contributed by atoms with E-state index in [4.69, 9.17) is 42.9 Å². The minimum Gasteiger partial charge on any atom is -0.480 e. The highest BCUT2D eigenvalue weighted by Gasteiger charge is 2.49. The van der Waals surface area contributed by atoms with Crippen LogP contribution in [0.4, 0.5) is 5.69 Å². The highest BCUT2D eigenvalue weighted by atomic mass is 35.5. The highest BCUT2D eigenvalue weighted by molar-refractivity contribution is 6.25. The van der Waals surface area contributed by atoms with Crippen LogP contribution in [0.15, 0.2) is 33.9 Å². The van der Waals surface area contributed by atoms with Crippen LogP contribution in [0.2, 0.25) is 0 Å². The smallest absolute Gasteiger partial charge is 0.326 e. The van der Waals surface area contributed by atoms with E-state index in [1.54, 1.807) is 6.92 Å². The van der Waals surface area contributed by atoms with Gasteiger partial charge in [0.25, 0.3) is 0 Å². The van der Waals surface area contributed by atoms with Gasteiger partial charge in [-0.15, -0.1) is 23.2 Å². The first-order valence-electron chi connectivity index (χ1n) is 26.2. The van der Waals surface area contributed by atoms with Crippen LogP contribution in [0.1, 0.15) is 122 Å². The minimum absolute atomic E-state index is 0.0626. The van der Waals surface area contributed by atoms with Crippen molar-refractivity contribution in [1.82, 2.24) is 30.2 Å². The number of nitrogens with one attached hydrogen (secondary N) is 4. The molecule has 4 aromatic rings. The van der Waals surface area contributed by atoms with Crippen LogP contribution in [0.3, 0.4) is 0 Å². The van der Waals surface area contributed by atoms with Gasteiger partial charge in [0.1, 0.15) is 17.8 Å². The number of carboxylic acids is 1. The molecule has 5 N–H and O–H groups in total. The van der Waals surface area contributed by atoms with Gasteiger partial charge in [0.15, 0.2) is 11.6 Å². The van der Waals surface area contributed by atoms with Gasteiger partial charge in [-0.3, -0.25) is 34.0 Å². The predicted octanol–water partition coefficient (Wildman–Crippen LogP) is 6.31. The molecule has 0 saturated carbocycles. The van der Waals surface area contributed by atoms with Gasteiger partial charge >= 0.3 is 11.9 Å². The summed E-state index contributed by atoms with van der Waals surface area (Å²) in [6, 6.07) is 4.78. The Labute approximate surface area is 446 Å². The molecule has 3 unspecified atom stereocenters. The van der Waals surface area contributed by atoms with Crippen molar-refractivity contribution < 1.29 is 38.6 Å². The number of hydrogen-bond acceptors (Lipinski definition) is 11. The number of H-pyrrole nitrogens is 2. The monoisotopic (exact) mass is 1070 g/mol. The van der Waals surface area contributed by atoms with E-state index in [2.05, 4.69) is 39.3 Å². The first-order valence-corrected chi connectivity index (χ1v) is 27.3. The van der Waals surface area contributed by atoms with Crippen molar-refractivity contribution in [3.8, 4) is 0 Å². The summed E-state index contributed by atoms with van der Waals surface area (Å²) < 4.78 is 7.27. The molecule has 6 heterocycles. The summed E-state index contributed by atoms with van der Waals surface area (Å²) in [6.45, 7) is 13.2. The third kappa shape index (κ3) is 11.0. The molecule has 2 amide bonds. The zero-order valence-electron chi connectivity index (χ0n) is 44.1. The van der Waals surface area contributed by atoms with Crippen molar-refractivity contribution in [3.63, 3.8) is 0 Å². The second-order valence-electron chi connectivity index (χ2n) is 20.5. The number of nitrogens with zero attached hydrogens (tertiary/aromatic N) is 5. The van der Waals surface area contributed by atoms with E-state index in [-0.39, 0.29) is 79.4 Å². The maximum atomic E-state index is 14.5. The Morgan fingerprint density at radius 3 is 2.39 bits per heavy atom. The SMILES string of the molecule is CC[C@H]1C2Cc3[nH]c4c(c3C)C(=O)C(C(=O)OC)/C4=C3N=C(/C=c4\[nH]/c(c(C(C)=O)c4C)=C\C(=N2)[C@@H]1C)[C@@H](C)[C@@H]/3CCC(=O)NCCCC(NC(=O)CCCc1nc2cc(N(CCCl)CCCl)ccc2n1C)C(=O)O. The van der Waals surface area contributed by atoms with Crippen molar-refractivity contribution in [2.75, 3.05) is 43.4 Å². The number of imidazole rings is 1. The number of aliphatic carboxylic acids is 1. The lowest BCUT2D eigenvalue weighted by molar-refractivity contribution is -0.142. The number of carboxylic acid groups (broad SMARTS) is 1. The standard InChI is InChI=1S/C56H69Cl2N9O8/c1-9-34-28(2)37-27-43-48(32(6)68)30(4)39(61-43)25-38-29(3)35(52(64-38)50-51(56(74)75-8)54(71)49-31(5)40(65-53(49)50)26-41(34)60-37)16-18-46(69)59-21-11-12-36(55(72)73)63-47(70)14-10-13-45-62-42-24-33(15-17-44(42)66(45)7)67(22-19-57)23-20-58/h15,17,24-25,27-29,34-36,41,51,61,65H,9-14,16,18-23,26H2,1-8H3,(H,59,69)(H,63,70)(H,72,73)/b39-25-,43-27-,52-50-/t28-,29+,34-,35+,36?,41?,51?/m1/s1. The van der Waals surface area contributed by atoms with Crippen LogP contribution >= 0.6 is 23.2 Å². The molecule has 8 rings (SSSR count). The Kier molecular flexibility index (Phi) is 17.0. The van der Waals surface area contributed by atoms with Crippen molar-refractivity contribution in [2.45, 2.75) is 111 Å². The van der Waals surface area contributed by atoms with E-state index >= 15 is 0 Å². The highest BCUT2D eigenvalue weighted by Crippen LogP contribution is 2.48. The Balaban J connectivity index is 0.955. The number of alkyl halides is 2. The number of Topliss-reactive ketones (excluding diaryl/α,β-unsaturated/α-hetero) is 2. The lowest BCUT2D eigenvalue weighted by atomic mass is 9.83. The zero-order chi connectivity index (χ0) is 54.0.